The third-order valence-corrected chi connectivity index (χ3v) is 5.12. The van der Waals surface area contributed by atoms with Crippen LogP contribution in [-0.4, -0.2) is 49.7 Å². The average molecular weight is 396 g/mol. The van der Waals surface area contributed by atoms with E-state index in [-0.39, 0.29) is 12.5 Å². The Balaban J connectivity index is 2.21. The van der Waals surface area contributed by atoms with Crippen LogP contribution in [0, 0.1) is 20.8 Å². The van der Waals surface area contributed by atoms with Crippen molar-refractivity contribution in [1.29, 1.82) is 0 Å². The molecule has 0 fully saturated rings. The minimum Gasteiger partial charge on any atom is -0.383 e. The fraction of sp³-hybridized carbons (Fsp3) is 0.391. The molecule has 0 unspecified atom stereocenters. The molecule has 0 N–H and O–H groups in total. The topological polar surface area (TPSA) is 56.6 Å². The molecule has 1 heterocycles. The molecule has 29 heavy (non-hydrogen) atoms. The van der Waals surface area contributed by atoms with E-state index in [9.17, 15) is 4.79 Å². The number of hydrogen-bond acceptors (Lipinski definition) is 4. The van der Waals surface area contributed by atoms with E-state index in [0.29, 0.717) is 13.2 Å². The second kappa shape index (κ2) is 8.76. The number of aromatic nitrogens is 2. The first kappa shape index (κ1) is 21.0. The minimum absolute atomic E-state index is 0.00621. The lowest BCUT2D eigenvalue weighted by Gasteiger charge is -2.22. The Morgan fingerprint density at radius 1 is 1.10 bits per heavy atom. The van der Waals surface area contributed by atoms with E-state index in [0.717, 1.165) is 22.3 Å². The van der Waals surface area contributed by atoms with Crippen molar-refractivity contribution in [3.05, 3.63) is 47.0 Å². The predicted octanol–water partition coefficient (Wildman–Crippen LogP) is 3.79. The summed E-state index contributed by atoms with van der Waals surface area (Å²) >= 11 is 0. The fourth-order valence-electron chi connectivity index (χ4n) is 4.06. The molecule has 3 rings (SSSR count). The molecule has 2 aromatic carbocycles. The highest BCUT2D eigenvalue weighted by Crippen LogP contribution is 2.36. The Bertz CT molecular complexity index is 1020. The second-order valence-corrected chi connectivity index (χ2v) is 7.39. The molecule has 0 spiro atoms. The second-order valence-electron chi connectivity index (χ2n) is 7.39. The summed E-state index contributed by atoms with van der Waals surface area (Å²) in [6.07, 6.45) is 0. The summed E-state index contributed by atoms with van der Waals surface area (Å²) in [5.74, 6) is 0.630. The third-order valence-electron chi connectivity index (χ3n) is 5.12. The Morgan fingerprint density at radius 3 is 2.41 bits per heavy atom. The zero-order valence-corrected chi connectivity index (χ0v) is 18.1. The number of nitrogens with zero attached hydrogens (tertiary/aromatic N) is 3. The first-order valence-electron chi connectivity index (χ1n) is 9.71. The van der Waals surface area contributed by atoms with Gasteiger partial charge in [-0.2, -0.15) is 5.10 Å². The Labute approximate surface area is 172 Å². The third kappa shape index (κ3) is 4.04. The molecule has 6 nitrogen and oxygen atoms in total. The van der Waals surface area contributed by atoms with Crippen molar-refractivity contribution < 1.29 is 14.3 Å². The number of carbonyl (C=O) groups is 1. The predicted molar refractivity (Wildman–Crippen MR) is 116 cm³/mol. The van der Waals surface area contributed by atoms with E-state index in [1.54, 1.807) is 16.7 Å². The smallest absolute Gasteiger partial charge is 0.254 e. The SMILES string of the molecule is COCCN(C(=O)COC)c1c2cccc(-c3c(C)cc(C)cc3C)c2nn1C. The summed E-state index contributed by atoms with van der Waals surface area (Å²) in [5, 5.41) is 5.74. The summed E-state index contributed by atoms with van der Waals surface area (Å²) in [6, 6.07) is 10.5. The van der Waals surface area contributed by atoms with Crippen molar-refractivity contribution in [1.82, 2.24) is 9.78 Å². The van der Waals surface area contributed by atoms with Gasteiger partial charge in [0.25, 0.3) is 5.91 Å². The van der Waals surface area contributed by atoms with Gasteiger partial charge in [0.2, 0.25) is 0 Å². The van der Waals surface area contributed by atoms with Gasteiger partial charge >= 0.3 is 0 Å². The Kier molecular flexibility index (Phi) is 6.35. The van der Waals surface area contributed by atoms with Crippen LogP contribution in [-0.2, 0) is 21.3 Å². The quantitative estimate of drug-likeness (QED) is 0.611. The maximum absolute atomic E-state index is 12.7. The number of anilines is 1. The van der Waals surface area contributed by atoms with E-state index in [1.807, 2.05) is 19.2 Å². The maximum atomic E-state index is 12.7. The summed E-state index contributed by atoms with van der Waals surface area (Å²) in [7, 11) is 5.02. The van der Waals surface area contributed by atoms with E-state index in [2.05, 4.69) is 39.0 Å². The number of methoxy groups -OCH3 is 2. The van der Waals surface area contributed by atoms with Crippen molar-refractivity contribution in [2.45, 2.75) is 20.8 Å². The first-order chi connectivity index (χ1) is 13.9. The van der Waals surface area contributed by atoms with Crippen molar-refractivity contribution >= 4 is 22.6 Å². The maximum Gasteiger partial charge on any atom is 0.254 e. The number of ether oxygens (including phenoxy) is 2. The first-order valence-corrected chi connectivity index (χ1v) is 9.71. The molecule has 0 radical (unpaired) electrons. The molecule has 154 valence electrons. The van der Waals surface area contributed by atoms with Crippen molar-refractivity contribution in [2.75, 3.05) is 38.9 Å². The number of fused-ring (bicyclic) bond motifs is 1. The van der Waals surface area contributed by atoms with Gasteiger partial charge in [0, 0.05) is 32.2 Å². The van der Waals surface area contributed by atoms with Gasteiger partial charge in [0.15, 0.2) is 0 Å². The average Bonchev–Trinajstić information content (AvgIpc) is 2.98. The van der Waals surface area contributed by atoms with E-state index in [4.69, 9.17) is 14.6 Å². The number of hydrogen-bond donors (Lipinski definition) is 0. The largest absolute Gasteiger partial charge is 0.383 e. The van der Waals surface area contributed by atoms with Gasteiger partial charge in [-0.05, 0) is 43.5 Å². The molecule has 0 aliphatic heterocycles. The zero-order chi connectivity index (χ0) is 21.1. The van der Waals surface area contributed by atoms with Gasteiger partial charge < -0.3 is 9.47 Å². The number of rotatable bonds is 7. The van der Waals surface area contributed by atoms with Crippen molar-refractivity contribution in [3.8, 4) is 11.1 Å². The number of amides is 1. The van der Waals surface area contributed by atoms with Crippen LogP contribution in [0.1, 0.15) is 16.7 Å². The molecule has 0 saturated heterocycles. The van der Waals surface area contributed by atoms with Gasteiger partial charge in [-0.15, -0.1) is 0 Å². The lowest BCUT2D eigenvalue weighted by molar-refractivity contribution is -0.122. The van der Waals surface area contributed by atoms with Crippen LogP contribution in [0.25, 0.3) is 22.0 Å². The number of carbonyl (C=O) groups excluding carboxylic acids is 1. The summed E-state index contributed by atoms with van der Waals surface area (Å²) in [6.45, 7) is 7.23. The Hall–Kier alpha value is -2.70. The monoisotopic (exact) mass is 395 g/mol. The molecular formula is C23H29N3O3. The molecular weight excluding hydrogens is 366 g/mol. The molecule has 1 amide bonds. The van der Waals surface area contributed by atoms with E-state index in [1.165, 1.54) is 29.4 Å². The lowest BCUT2D eigenvalue weighted by atomic mass is 9.92. The van der Waals surface area contributed by atoms with Crippen LogP contribution in [0.4, 0.5) is 5.82 Å². The molecule has 0 aliphatic carbocycles. The molecule has 1 aromatic heterocycles. The van der Waals surface area contributed by atoms with Crippen LogP contribution >= 0.6 is 0 Å². The molecule has 0 aliphatic rings. The normalized spacial score (nSPS) is 11.2. The van der Waals surface area contributed by atoms with Crippen LogP contribution in [0.15, 0.2) is 30.3 Å². The van der Waals surface area contributed by atoms with Crippen LogP contribution < -0.4 is 4.90 Å². The van der Waals surface area contributed by atoms with Crippen molar-refractivity contribution in [2.24, 2.45) is 7.05 Å². The van der Waals surface area contributed by atoms with Crippen LogP contribution in [0.2, 0.25) is 0 Å². The van der Waals surface area contributed by atoms with Gasteiger partial charge in [-0.25, -0.2) is 0 Å². The lowest BCUT2D eigenvalue weighted by Crippen LogP contribution is -2.37. The number of benzene rings is 2. The van der Waals surface area contributed by atoms with Gasteiger partial charge in [-0.3, -0.25) is 14.4 Å². The molecule has 3 aromatic rings. The van der Waals surface area contributed by atoms with Crippen molar-refractivity contribution in [3.63, 3.8) is 0 Å². The van der Waals surface area contributed by atoms with Crippen LogP contribution in [0.5, 0.6) is 0 Å². The van der Waals surface area contributed by atoms with Gasteiger partial charge in [0.05, 0.1) is 13.2 Å². The summed E-state index contributed by atoms with van der Waals surface area (Å²) in [4.78, 5) is 14.4. The molecule has 0 atom stereocenters. The van der Waals surface area contributed by atoms with Gasteiger partial charge in [0.1, 0.15) is 17.9 Å². The summed E-state index contributed by atoms with van der Waals surface area (Å²) < 4.78 is 12.1. The van der Waals surface area contributed by atoms with E-state index >= 15 is 0 Å². The van der Waals surface area contributed by atoms with Crippen LogP contribution in [0.3, 0.4) is 0 Å². The highest BCUT2D eigenvalue weighted by Gasteiger charge is 2.24. The Morgan fingerprint density at radius 2 is 1.79 bits per heavy atom. The zero-order valence-electron chi connectivity index (χ0n) is 18.1. The highest BCUT2D eigenvalue weighted by molar-refractivity contribution is 6.06. The minimum atomic E-state index is -0.123. The molecule has 6 heteroatoms. The fourth-order valence-corrected chi connectivity index (χ4v) is 4.06. The molecule has 0 saturated carbocycles. The standard InChI is InChI=1S/C23H29N3O3/c1-15-12-16(2)21(17(3)13-15)18-8-7-9-19-22(18)24-25(4)23(19)26(10-11-28-5)20(27)14-29-6/h7-9,12-13H,10-11,14H2,1-6H3. The molecule has 0 bridgehead atoms. The van der Waals surface area contributed by atoms with E-state index < -0.39 is 0 Å². The van der Waals surface area contributed by atoms with Gasteiger partial charge in [-0.1, -0.05) is 29.8 Å². The number of aryl methyl sites for hydroxylation is 4. The highest BCUT2D eigenvalue weighted by atomic mass is 16.5. The summed E-state index contributed by atoms with van der Waals surface area (Å²) in [5.41, 5.74) is 6.83.